The highest BCUT2D eigenvalue weighted by molar-refractivity contribution is 6.03. The lowest BCUT2D eigenvalue weighted by Crippen LogP contribution is -2.49. The monoisotopic (exact) mass is 261 g/mol. The Morgan fingerprint density at radius 3 is 2.89 bits per heavy atom. The van der Waals surface area contributed by atoms with Crippen molar-refractivity contribution in [2.75, 3.05) is 13.1 Å². The zero-order valence-electron chi connectivity index (χ0n) is 10.4. The number of nitrogens with zero attached hydrogens (tertiary/aromatic N) is 1. The van der Waals surface area contributed by atoms with Crippen LogP contribution in [-0.4, -0.2) is 35.7 Å². The van der Waals surface area contributed by atoms with Crippen molar-refractivity contribution in [3.63, 3.8) is 0 Å². The fraction of sp³-hybridized carbons (Fsp3) is 0.462. The first-order valence-corrected chi connectivity index (χ1v) is 6.48. The molecule has 3 heterocycles. The summed E-state index contributed by atoms with van der Waals surface area (Å²) in [5, 5.41) is 5.38. The molecule has 0 aromatic heterocycles. The van der Waals surface area contributed by atoms with Crippen molar-refractivity contribution in [2.24, 2.45) is 5.92 Å². The molecule has 0 radical (unpaired) electrons. The van der Waals surface area contributed by atoms with Crippen LogP contribution in [0.5, 0.6) is 0 Å². The van der Waals surface area contributed by atoms with Crippen molar-refractivity contribution >= 4 is 17.7 Å². The van der Waals surface area contributed by atoms with Gasteiger partial charge >= 0.3 is 0 Å². The lowest BCUT2D eigenvalue weighted by Gasteiger charge is -2.36. The first-order chi connectivity index (χ1) is 9.18. The van der Waals surface area contributed by atoms with E-state index in [1.54, 1.807) is 6.08 Å². The summed E-state index contributed by atoms with van der Waals surface area (Å²) in [5.41, 5.74) is 1.01. The number of fused-ring (bicyclic) bond motifs is 2. The Morgan fingerprint density at radius 2 is 2.05 bits per heavy atom. The molecule has 3 aliphatic heterocycles. The van der Waals surface area contributed by atoms with E-state index in [1.165, 1.54) is 11.1 Å². The zero-order chi connectivity index (χ0) is 13.4. The van der Waals surface area contributed by atoms with Gasteiger partial charge in [-0.05, 0) is 24.5 Å². The molecule has 1 fully saturated rings. The van der Waals surface area contributed by atoms with Gasteiger partial charge in [0.1, 0.15) is 5.70 Å². The maximum atomic E-state index is 12.2. The Morgan fingerprint density at radius 1 is 1.21 bits per heavy atom. The second kappa shape index (κ2) is 4.53. The van der Waals surface area contributed by atoms with Gasteiger partial charge in [0.15, 0.2) is 0 Å². The molecule has 1 atom stereocenters. The molecule has 0 saturated carbocycles. The summed E-state index contributed by atoms with van der Waals surface area (Å²) in [4.78, 5) is 37.7. The SMILES string of the molecule is O=C1NCCCCN2C(=O)CC3C(=O)NC=CC3=C12. The van der Waals surface area contributed by atoms with Crippen LogP contribution in [0.4, 0.5) is 0 Å². The van der Waals surface area contributed by atoms with Crippen LogP contribution < -0.4 is 10.6 Å². The number of carbonyl (C=O) groups excluding carboxylic acids is 3. The fourth-order valence-electron chi connectivity index (χ4n) is 2.75. The van der Waals surface area contributed by atoms with Crippen molar-refractivity contribution in [3.05, 3.63) is 23.5 Å². The number of nitrogens with one attached hydrogen (secondary N) is 2. The van der Waals surface area contributed by atoms with Gasteiger partial charge in [0.2, 0.25) is 11.8 Å². The highest BCUT2D eigenvalue weighted by Crippen LogP contribution is 2.32. The first kappa shape index (κ1) is 12.0. The van der Waals surface area contributed by atoms with Gasteiger partial charge in [-0.2, -0.15) is 0 Å². The summed E-state index contributed by atoms with van der Waals surface area (Å²) >= 11 is 0. The Kier molecular flexibility index (Phi) is 2.85. The van der Waals surface area contributed by atoms with E-state index in [4.69, 9.17) is 0 Å². The lowest BCUT2D eigenvalue weighted by molar-refractivity contribution is -0.137. The summed E-state index contributed by atoms with van der Waals surface area (Å²) < 4.78 is 0. The number of rotatable bonds is 0. The van der Waals surface area contributed by atoms with Crippen LogP contribution in [0, 0.1) is 5.92 Å². The molecule has 6 heteroatoms. The Balaban J connectivity index is 2.11. The average Bonchev–Trinajstić information content (AvgIpc) is 2.36. The fourth-order valence-corrected chi connectivity index (χ4v) is 2.75. The largest absolute Gasteiger partial charge is 0.351 e. The van der Waals surface area contributed by atoms with Crippen molar-refractivity contribution in [1.82, 2.24) is 15.5 Å². The predicted molar refractivity (Wildman–Crippen MR) is 66.4 cm³/mol. The highest BCUT2D eigenvalue weighted by Gasteiger charge is 2.40. The van der Waals surface area contributed by atoms with Crippen molar-refractivity contribution in [3.8, 4) is 0 Å². The van der Waals surface area contributed by atoms with E-state index < -0.39 is 5.92 Å². The van der Waals surface area contributed by atoms with Gasteiger partial charge in [-0.25, -0.2) is 0 Å². The van der Waals surface area contributed by atoms with Gasteiger partial charge < -0.3 is 15.5 Å². The second-order valence-electron chi connectivity index (χ2n) is 4.91. The number of hydrogen-bond donors (Lipinski definition) is 2. The molecule has 0 bridgehead atoms. The van der Waals surface area contributed by atoms with E-state index in [9.17, 15) is 14.4 Å². The molecule has 2 N–H and O–H groups in total. The van der Waals surface area contributed by atoms with Crippen LogP contribution in [0.2, 0.25) is 0 Å². The molecule has 3 aliphatic rings. The molecule has 0 spiro atoms. The van der Waals surface area contributed by atoms with Gasteiger partial charge in [0.05, 0.1) is 5.92 Å². The molecule has 19 heavy (non-hydrogen) atoms. The number of hydrogen-bond acceptors (Lipinski definition) is 3. The van der Waals surface area contributed by atoms with Crippen molar-refractivity contribution in [1.29, 1.82) is 0 Å². The summed E-state index contributed by atoms with van der Waals surface area (Å²) in [5.74, 6) is -1.15. The Hall–Kier alpha value is -2.11. The van der Waals surface area contributed by atoms with E-state index in [0.717, 1.165) is 12.8 Å². The van der Waals surface area contributed by atoms with Gasteiger partial charge in [-0.15, -0.1) is 0 Å². The van der Waals surface area contributed by atoms with E-state index >= 15 is 0 Å². The molecule has 3 rings (SSSR count). The van der Waals surface area contributed by atoms with Crippen LogP contribution in [0.25, 0.3) is 0 Å². The van der Waals surface area contributed by atoms with Crippen LogP contribution in [0.15, 0.2) is 23.5 Å². The Labute approximate surface area is 110 Å². The standard InChI is InChI=1S/C13H15N3O3/c17-10-7-9-8(3-5-15-12(9)18)11-13(19)14-4-1-2-6-16(10)11/h3,5,9H,1-2,4,6-7H2,(H,14,19)(H,15,18). The Bertz CT molecular complexity index is 521. The molecule has 0 aromatic rings. The molecule has 6 nitrogen and oxygen atoms in total. The smallest absolute Gasteiger partial charge is 0.268 e. The number of amides is 3. The third-order valence-corrected chi connectivity index (χ3v) is 3.71. The summed E-state index contributed by atoms with van der Waals surface area (Å²) in [6.45, 7) is 1.16. The highest BCUT2D eigenvalue weighted by atomic mass is 16.2. The third-order valence-electron chi connectivity index (χ3n) is 3.71. The van der Waals surface area contributed by atoms with E-state index in [-0.39, 0.29) is 24.1 Å². The van der Waals surface area contributed by atoms with Crippen molar-refractivity contribution < 1.29 is 14.4 Å². The van der Waals surface area contributed by atoms with Gasteiger partial charge in [-0.3, -0.25) is 14.4 Å². The molecular weight excluding hydrogens is 246 g/mol. The summed E-state index contributed by atoms with van der Waals surface area (Å²) in [7, 11) is 0. The molecule has 1 saturated heterocycles. The molecule has 100 valence electrons. The summed E-state index contributed by atoms with van der Waals surface area (Å²) in [6, 6.07) is 0. The van der Waals surface area contributed by atoms with Gasteiger partial charge in [0.25, 0.3) is 5.91 Å². The minimum absolute atomic E-state index is 0.141. The lowest BCUT2D eigenvalue weighted by atomic mass is 9.86. The zero-order valence-corrected chi connectivity index (χ0v) is 10.4. The van der Waals surface area contributed by atoms with E-state index in [1.807, 2.05) is 0 Å². The quantitative estimate of drug-likeness (QED) is 0.625. The third kappa shape index (κ3) is 1.93. The normalized spacial score (nSPS) is 27.1. The molecule has 0 aliphatic carbocycles. The van der Waals surface area contributed by atoms with E-state index in [2.05, 4.69) is 10.6 Å². The second-order valence-corrected chi connectivity index (χ2v) is 4.91. The minimum Gasteiger partial charge on any atom is -0.351 e. The van der Waals surface area contributed by atoms with Crippen LogP contribution >= 0.6 is 0 Å². The predicted octanol–water partition coefficient (Wildman–Crippen LogP) is -0.358. The van der Waals surface area contributed by atoms with Gasteiger partial charge in [0, 0.05) is 25.7 Å². The van der Waals surface area contributed by atoms with Crippen LogP contribution in [-0.2, 0) is 14.4 Å². The molecule has 3 amide bonds. The van der Waals surface area contributed by atoms with Gasteiger partial charge in [-0.1, -0.05) is 0 Å². The topological polar surface area (TPSA) is 78.5 Å². The average molecular weight is 261 g/mol. The van der Waals surface area contributed by atoms with Crippen molar-refractivity contribution in [2.45, 2.75) is 19.3 Å². The maximum absolute atomic E-state index is 12.2. The molecule has 0 aromatic carbocycles. The molecule has 1 unspecified atom stereocenters. The minimum atomic E-state index is -0.533. The maximum Gasteiger partial charge on any atom is 0.268 e. The number of allylic oxidation sites excluding steroid dienone is 1. The van der Waals surface area contributed by atoms with Crippen LogP contribution in [0.1, 0.15) is 19.3 Å². The summed E-state index contributed by atoms with van der Waals surface area (Å²) in [6.07, 6.45) is 5.10. The molecular formula is C13H15N3O3. The number of carbonyl (C=O) groups is 3. The van der Waals surface area contributed by atoms with Crippen LogP contribution in [0.3, 0.4) is 0 Å². The first-order valence-electron chi connectivity index (χ1n) is 6.48. The van der Waals surface area contributed by atoms with E-state index in [0.29, 0.717) is 24.4 Å².